The lowest BCUT2D eigenvalue weighted by molar-refractivity contribution is 0.0952. The second-order valence-corrected chi connectivity index (χ2v) is 8.18. The van der Waals surface area contributed by atoms with Gasteiger partial charge in [-0.05, 0) is 67.9 Å². The molecule has 2 aromatic carbocycles. The minimum Gasteiger partial charge on any atom is -0.489 e. The van der Waals surface area contributed by atoms with E-state index in [0.29, 0.717) is 18.7 Å². The molecule has 0 atom stereocenters. The highest BCUT2D eigenvalue weighted by Crippen LogP contribution is 2.24. The topological polar surface area (TPSA) is 41.6 Å². The van der Waals surface area contributed by atoms with Gasteiger partial charge in [-0.2, -0.15) is 0 Å². The van der Waals surface area contributed by atoms with Crippen molar-refractivity contribution in [2.45, 2.75) is 39.2 Å². The van der Waals surface area contributed by atoms with E-state index in [2.05, 4.69) is 43.1 Å². The number of nitrogens with zero attached hydrogens (tertiary/aromatic N) is 1. The summed E-state index contributed by atoms with van der Waals surface area (Å²) in [5.74, 6) is 0.798. The largest absolute Gasteiger partial charge is 0.489 e. The molecule has 146 valence electrons. The molecule has 0 bridgehead atoms. The van der Waals surface area contributed by atoms with Crippen molar-refractivity contribution < 1.29 is 9.53 Å². The van der Waals surface area contributed by atoms with Crippen molar-refractivity contribution in [2.24, 2.45) is 0 Å². The summed E-state index contributed by atoms with van der Waals surface area (Å²) in [5.41, 5.74) is 3.06. The van der Waals surface area contributed by atoms with Gasteiger partial charge in [-0.25, -0.2) is 0 Å². The number of carbonyl (C=O) groups excluding carboxylic acids is 1. The monoisotopic (exact) mass is 368 g/mol. The molecule has 27 heavy (non-hydrogen) atoms. The molecule has 2 rings (SSSR count). The van der Waals surface area contributed by atoms with Gasteiger partial charge in [0.25, 0.3) is 5.91 Å². The summed E-state index contributed by atoms with van der Waals surface area (Å²) in [6, 6.07) is 15.8. The van der Waals surface area contributed by atoms with Gasteiger partial charge in [-0.1, -0.05) is 45.0 Å². The highest BCUT2D eigenvalue weighted by molar-refractivity contribution is 5.94. The molecule has 0 aliphatic carbocycles. The zero-order valence-electron chi connectivity index (χ0n) is 17.2. The standard InChI is InChI=1S/C23H32N2O2/c1-23(2,3)20-10-12-21(13-11-20)27-17-18-8-6-9-19(16-18)22(26)24-14-7-15-25(4)5/h6,8-13,16H,7,14-15,17H2,1-5H3,(H,24,26). The third kappa shape index (κ3) is 7.06. The zero-order valence-corrected chi connectivity index (χ0v) is 17.2. The summed E-state index contributed by atoms with van der Waals surface area (Å²) in [4.78, 5) is 14.4. The van der Waals surface area contributed by atoms with E-state index in [1.165, 1.54) is 5.56 Å². The maximum absolute atomic E-state index is 12.3. The molecule has 0 saturated carbocycles. The molecule has 4 nitrogen and oxygen atoms in total. The lowest BCUT2D eigenvalue weighted by Gasteiger charge is -2.19. The Bertz CT molecular complexity index is 731. The summed E-state index contributed by atoms with van der Waals surface area (Å²) < 4.78 is 5.88. The molecule has 0 heterocycles. The lowest BCUT2D eigenvalue weighted by Crippen LogP contribution is -2.27. The number of rotatable bonds is 8. The number of ether oxygens (including phenoxy) is 1. The third-order valence-corrected chi connectivity index (χ3v) is 4.38. The maximum Gasteiger partial charge on any atom is 0.251 e. The van der Waals surface area contributed by atoms with E-state index in [9.17, 15) is 4.79 Å². The van der Waals surface area contributed by atoms with Crippen LogP contribution < -0.4 is 10.1 Å². The van der Waals surface area contributed by atoms with Crippen LogP contribution in [0.1, 0.15) is 48.7 Å². The predicted octanol–water partition coefficient (Wildman–Crippen LogP) is 4.24. The molecule has 0 aliphatic heterocycles. The SMILES string of the molecule is CN(C)CCCNC(=O)c1cccc(COc2ccc(C(C)(C)C)cc2)c1. The first-order valence-corrected chi connectivity index (χ1v) is 9.51. The number of nitrogens with one attached hydrogen (secondary N) is 1. The van der Waals surface area contributed by atoms with E-state index >= 15 is 0 Å². The molecule has 1 N–H and O–H groups in total. The summed E-state index contributed by atoms with van der Waals surface area (Å²) in [6.45, 7) is 8.66. The van der Waals surface area contributed by atoms with E-state index < -0.39 is 0 Å². The molecule has 0 spiro atoms. The Hall–Kier alpha value is -2.33. The van der Waals surface area contributed by atoms with E-state index in [4.69, 9.17) is 4.74 Å². The van der Waals surface area contributed by atoms with Crippen LogP contribution in [-0.2, 0) is 12.0 Å². The van der Waals surface area contributed by atoms with Crippen LogP contribution in [-0.4, -0.2) is 38.0 Å². The zero-order chi connectivity index (χ0) is 19.9. The highest BCUT2D eigenvalue weighted by atomic mass is 16.5. The van der Waals surface area contributed by atoms with Crippen LogP contribution >= 0.6 is 0 Å². The van der Waals surface area contributed by atoms with Gasteiger partial charge >= 0.3 is 0 Å². The average Bonchev–Trinajstić information content (AvgIpc) is 2.63. The second kappa shape index (κ2) is 9.56. The number of hydrogen-bond acceptors (Lipinski definition) is 3. The van der Waals surface area contributed by atoms with Gasteiger partial charge in [-0.3, -0.25) is 4.79 Å². The minimum atomic E-state index is -0.0369. The molecule has 0 radical (unpaired) electrons. The Balaban J connectivity index is 1.89. The number of hydrogen-bond donors (Lipinski definition) is 1. The molecule has 0 aliphatic rings. The van der Waals surface area contributed by atoms with Crippen molar-refractivity contribution in [2.75, 3.05) is 27.2 Å². The van der Waals surface area contributed by atoms with Crippen molar-refractivity contribution in [3.63, 3.8) is 0 Å². The molecule has 1 amide bonds. The fourth-order valence-corrected chi connectivity index (χ4v) is 2.72. The summed E-state index contributed by atoms with van der Waals surface area (Å²) in [6.07, 6.45) is 0.937. The van der Waals surface area contributed by atoms with Gasteiger partial charge in [0.2, 0.25) is 0 Å². The maximum atomic E-state index is 12.3. The van der Waals surface area contributed by atoms with Crippen LogP contribution in [0.5, 0.6) is 5.75 Å². The average molecular weight is 369 g/mol. The van der Waals surface area contributed by atoms with Crippen molar-refractivity contribution in [1.29, 1.82) is 0 Å². The van der Waals surface area contributed by atoms with Gasteiger partial charge in [0.15, 0.2) is 0 Å². The van der Waals surface area contributed by atoms with Crippen LogP contribution in [0, 0.1) is 0 Å². The minimum absolute atomic E-state index is 0.0369. The second-order valence-electron chi connectivity index (χ2n) is 8.18. The first kappa shape index (κ1) is 21.0. The van der Waals surface area contributed by atoms with Crippen molar-refractivity contribution in [3.8, 4) is 5.75 Å². The number of carbonyl (C=O) groups is 1. The smallest absolute Gasteiger partial charge is 0.251 e. The molecular weight excluding hydrogens is 336 g/mol. The van der Waals surface area contributed by atoms with Gasteiger partial charge < -0.3 is 15.0 Å². The van der Waals surface area contributed by atoms with Crippen molar-refractivity contribution >= 4 is 5.91 Å². The van der Waals surface area contributed by atoms with Crippen LogP contribution in [0.4, 0.5) is 0 Å². The molecule has 0 unspecified atom stereocenters. The third-order valence-electron chi connectivity index (χ3n) is 4.38. The summed E-state index contributed by atoms with van der Waals surface area (Å²) in [7, 11) is 4.06. The molecule has 4 heteroatoms. The Morgan fingerprint density at radius 2 is 1.78 bits per heavy atom. The normalized spacial score (nSPS) is 11.5. The first-order valence-electron chi connectivity index (χ1n) is 9.51. The quantitative estimate of drug-likeness (QED) is 0.709. The Kier molecular flexibility index (Phi) is 7.43. The van der Waals surface area contributed by atoms with Gasteiger partial charge in [0.1, 0.15) is 12.4 Å². The highest BCUT2D eigenvalue weighted by Gasteiger charge is 2.13. The molecular formula is C23H32N2O2. The van der Waals surface area contributed by atoms with Crippen molar-refractivity contribution in [3.05, 3.63) is 65.2 Å². The van der Waals surface area contributed by atoms with E-state index in [-0.39, 0.29) is 11.3 Å². The Morgan fingerprint density at radius 3 is 2.41 bits per heavy atom. The van der Waals surface area contributed by atoms with Gasteiger partial charge in [0.05, 0.1) is 0 Å². The van der Waals surface area contributed by atoms with E-state index in [1.807, 2.05) is 50.5 Å². The Labute approximate surface area is 163 Å². The van der Waals surface area contributed by atoms with E-state index in [0.717, 1.165) is 24.3 Å². The number of benzene rings is 2. The predicted molar refractivity (Wildman–Crippen MR) is 111 cm³/mol. The molecule has 0 saturated heterocycles. The van der Waals surface area contributed by atoms with Crippen LogP contribution in [0.25, 0.3) is 0 Å². The Morgan fingerprint density at radius 1 is 1.07 bits per heavy atom. The molecule has 0 fully saturated rings. The van der Waals surface area contributed by atoms with Crippen molar-refractivity contribution in [1.82, 2.24) is 10.2 Å². The first-order chi connectivity index (χ1) is 12.8. The summed E-state index contributed by atoms with van der Waals surface area (Å²) >= 11 is 0. The molecule has 2 aromatic rings. The lowest BCUT2D eigenvalue weighted by atomic mass is 9.87. The van der Waals surface area contributed by atoms with Crippen LogP contribution in [0.3, 0.4) is 0 Å². The fourth-order valence-electron chi connectivity index (χ4n) is 2.72. The van der Waals surface area contributed by atoms with Gasteiger partial charge in [-0.15, -0.1) is 0 Å². The molecule has 0 aromatic heterocycles. The van der Waals surface area contributed by atoms with Gasteiger partial charge in [0, 0.05) is 12.1 Å². The summed E-state index contributed by atoms with van der Waals surface area (Å²) in [5, 5.41) is 2.97. The van der Waals surface area contributed by atoms with E-state index in [1.54, 1.807) is 0 Å². The number of amides is 1. The fraction of sp³-hybridized carbons (Fsp3) is 0.435. The van der Waals surface area contributed by atoms with Crippen LogP contribution in [0.15, 0.2) is 48.5 Å². The van der Waals surface area contributed by atoms with Crippen LogP contribution in [0.2, 0.25) is 0 Å².